The van der Waals surface area contributed by atoms with Gasteiger partial charge in [-0.1, -0.05) is 35.5 Å². The standard InChI is InChI=1S/C21H23N3O4/c25-17-14-24(12-11-16(17)15-6-2-1-3-7-15)20(26)10-4-9-19-22-21(23-28-19)18-8-5-13-27-18/h1-3,5-8,13,16-17,25H,4,9-12,14H2/t16-,17+/m0/s1. The number of nitrogens with zero attached hydrogens (tertiary/aromatic N) is 3. The van der Waals surface area contributed by atoms with Crippen molar-refractivity contribution in [2.45, 2.75) is 37.7 Å². The first-order chi connectivity index (χ1) is 13.7. The van der Waals surface area contributed by atoms with Gasteiger partial charge < -0.3 is 18.9 Å². The molecule has 2 aromatic heterocycles. The molecule has 1 aromatic carbocycles. The van der Waals surface area contributed by atoms with Crippen molar-refractivity contribution >= 4 is 5.91 Å². The molecule has 0 unspecified atom stereocenters. The van der Waals surface area contributed by atoms with E-state index >= 15 is 0 Å². The number of aromatic nitrogens is 2. The third kappa shape index (κ3) is 4.14. The summed E-state index contributed by atoms with van der Waals surface area (Å²) in [6.45, 7) is 1.04. The number of benzene rings is 1. The summed E-state index contributed by atoms with van der Waals surface area (Å²) in [6, 6.07) is 13.5. The average Bonchev–Trinajstić information content (AvgIpc) is 3.40. The number of piperidine rings is 1. The van der Waals surface area contributed by atoms with Gasteiger partial charge in [0.25, 0.3) is 0 Å². The maximum absolute atomic E-state index is 12.5. The van der Waals surface area contributed by atoms with Crippen molar-refractivity contribution < 1.29 is 18.8 Å². The second kappa shape index (κ2) is 8.39. The van der Waals surface area contributed by atoms with Gasteiger partial charge in [0.2, 0.25) is 17.6 Å². The van der Waals surface area contributed by atoms with Crippen LogP contribution in [0.5, 0.6) is 0 Å². The molecule has 28 heavy (non-hydrogen) atoms. The predicted octanol–water partition coefficient (Wildman–Crippen LogP) is 3.03. The number of aliphatic hydroxyl groups is 1. The van der Waals surface area contributed by atoms with Gasteiger partial charge in [0.05, 0.1) is 12.4 Å². The quantitative estimate of drug-likeness (QED) is 0.706. The van der Waals surface area contributed by atoms with Crippen LogP contribution in [0.1, 0.15) is 36.6 Å². The summed E-state index contributed by atoms with van der Waals surface area (Å²) in [7, 11) is 0. The molecule has 7 nitrogen and oxygen atoms in total. The van der Waals surface area contributed by atoms with E-state index in [-0.39, 0.29) is 11.8 Å². The van der Waals surface area contributed by atoms with E-state index in [1.807, 2.05) is 30.3 Å². The van der Waals surface area contributed by atoms with E-state index in [1.54, 1.807) is 23.3 Å². The van der Waals surface area contributed by atoms with Gasteiger partial charge in [-0.2, -0.15) is 4.98 Å². The van der Waals surface area contributed by atoms with E-state index in [2.05, 4.69) is 10.1 Å². The van der Waals surface area contributed by atoms with E-state index in [4.69, 9.17) is 8.94 Å². The van der Waals surface area contributed by atoms with Gasteiger partial charge in [0.15, 0.2) is 5.76 Å². The van der Waals surface area contributed by atoms with Gasteiger partial charge in [-0.3, -0.25) is 4.79 Å². The molecule has 1 aliphatic heterocycles. The molecule has 1 N–H and O–H groups in total. The van der Waals surface area contributed by atoms with Crippen LogP contribution in [0.25, 0.3) is 11.6 Å². The van der Waals surface area contributed by atoms with Crippen molar-refractivity contribution in [3.8, 4) is 11.6 Å². The maximum Gasteiger partial charge on any atom is 0.238 e. The SMILES string of the molecule is O=C(CCCc1nc(-c2ccco2)no1)N1CC[C@@H](c2ccccc2)[C@H](O)C1. The summed E-state index contributed by atoms with van der Waals surface area (Å²) in [6.07, 6.45) is 3.33. The molecule has 1 saturated heterocycles. The lowest BCUT2D eigenvalue weighted by atomic mass is 9.87. The summed E-state index contributed by atoms with van der Waals surface area (Å²) in [4.78, 5) is 18.5. The molecule has 3 heterocycles. The zero-order valence-electron chi connectivity index (χ0n) is 15.5. The number of hydrogen-bond acceptors (Lipinski definition) is 6. The van der Waals surface area contributed by atoms with Gasteiger partial charge >= 0.3 is 0 Å². The minimum Gasteiger partial charge on any atom is -0.461 e. The van der Waals surface area contributed by atoms with Crippen LogP contribution in [0.4, 0.5) is 0 Å². The number of furan rings is 1. The summed E-state index contributed by atoms with van der Waals surface area (Å²) >= 11 is 0. The number of rotatable bonds is 6. The summed E-state index contributed by atoms with van der Waals surface area (Å²) in [5, 5.41) is 14.4. The van der Waals surface area contributed by atoms with Crippen molar-refractivity contribution in [1.82, 2.24) is 15.0 Å². The average molecular weight is 381 g/mol. The Kier molecular flexibility index (Phi) is 5.53. The Bertz CT molecular complexity index is 892. The minimum atomic E-state index is -0.535. The fourth-order valence-corrected chi connectivity index (χ4v) is 3.66. The molecule has 2 atom stereocenters. The highest BCUT2D eigenvalue weighted by Gasteiger charge is 2.30. The first-order valence-electron chi connectivity index (χ1n) is 9.58. The van der Waals surface area contributed by atoms with Crippen LogP contribution in [0.2, 0.25) is 0 Å². The third-order valence-electron chi connectivity index (χ3n) is 5.15. The fourth-order valence-electron chi connectivity index (χ4n) is 3.66. The van der Waals surface area contributed by atoms with E-state index in [9.17, 15) is 9.90 Å². The van der Waals surface area contributed by atoms with Crippen LogP contribution < -0.4 is 0 Å². The molecule has 3 aromatic rings. The summed E-state index contributed by atoms with van der Waals surface area (Å²) in [5.74, 6) is 1.60. The zero-order chi connectivity index (χ0) is 19.3. The Morgan fingerprint density at radius 2 is 2.07 bits per heavy atom. The lowest BCUT2D eigenvalue weighted by Crippen LogP contribution is -2.45. The Hall–Kier alpha value is -2.93. The number of aryl methyl sites for hydroxylation is 1. The highest BCUT2D eigenvalue weighted by molar-refractivity contribution is 5.76. The molecule has 4 rings (SSSR count). The second-order valence-electron chi connectivity index (χ2n) is 7.06. The highest BCUT2D eigenvalue weighted by Crippen LogP contribution is 2.28. The van der Waals surface area contributed by atoms with E-state index in [0.717, 1.165) is 12.0 Å². The van der Waals surface area contributed by atoms with Crippen LogP contribution in [0, 0.1) is 0 Å². The summed E-state index contributed by atoms with van der Waals surface area (Å²) in [5.41, 5.74) is 1.13. The molecule has 0 radical (unpaired) electrons. The first kappa shape index (κ1) is 18.4. The number of carbonyl (C=O) groups is 1. The topological polar surface area (TPSA) is 92.6 Å². The van der Waals surface area contributed by atoms with Crippen LogP contribution in [0.15, 0.2) is 57.7 Å². The molecule has 1 amide bonds. The number of aliphatic hydroxyl groups excluding tert-OH is 1. The number of amides is 1. The van der Waals surface area contributed by atoms with Gasteiger partial charge in [-0.15, -0.1) is 0 Å². The molecular weight excluding hydrogens is 358 g/mol. The van der Waals surface area contributed by atoms with E-state index in [0.29, 0.717) is 49.8 Å². The predicted molar refractivity (Wildman–Crippen MR) is 101 cm³/mol. The maximum atomic E-state index is 12.5. The number of likely N-dealkylation sites (tertiary alicyclic amines) is 1. The number of carbonyl (C=O) groups excluding carboxylic acids is 1. The van der Waals surface area contributed by atoms with Crippen molar-refractivity contribution in [3.63, 3.8) is 0 Å². The second-order valence-corrected chi connectivity index (χ2v) is 7.06. The normalized spacial score (nSPS) is 19.7. The molecule has 0 aliphatic carbocycles. The Morgan fingerprint density at radius 1 is 1.21 bits per heavy atom. The Balaban J connectivity index is 1.25. The zero-order valence-corrected chi connectivity index (χ0v) is 15.5. The monoisotopic (exact) mass is 381 g/mol. The fraction of sp³-hybridized carbons (Fsp3) is 0.381. The molecule has 1 fully saturated rings. The highest BCUT2D eigenvalue weighted by atomic mass is 16.5. The van der Waals surface area contributed by atoms with Crippen molar-refractivity contribution in [3.05, 3.63) is 60.2 Å². The largest absolute Gasteiger partial charge is 0.461 e. The smallest absolute Gasteiger partial charge is 0.238 e. The number of β-amino-alcohol motifs (C(OH)–C–C–N with tert-alkyl or cyclic N) is 1. The van der Waals surface area contributed by atoms with Gasteiger partial charge in [-0.05, 0) is 30.5 Å². The molecule has 1 aliphatic rings. The number of hydrogen-bond donors (Lipinski definition) is 1. The molecule has 0 saturated carbocycles. The lowest BCUT2D eigenvalue weighted by Gasteiger charge is -2.36. The van der Waals surface area contributed by atoms with Crippen molar-refractivity contribution in [2.75, 3.05) is 13.1 Å². The van der Waals surface area contributed by atoms with E-state index in [1.165, 1.54) is 0 Å². The molecule has 0 spiro atoms. The minimum absolute atomic E-state index is 0.0522. The van der Waals surface area contributed by atoms with E-state index < -0.39 is 6.10 Å². The lowest BCUT2D eigenvalue weighted by molar-refractivity contribution is -0.134. The van der Waals surface area contributed by atoms with Crippen molar-refractivity contribution in [2.24, 2.45) is 0 Å². The van der Waals surface area contributed by atoms with Gasteiger partial charge in [0.1, 0.15) is 0 Å². The Labute approximate surface area is 163 Å². The van der Waals surface area contributed by atoms with Crippen LogP contribution >= 0.6 is 0 Å². The van der Waals surface area contributed by atoms with Gasteiger partial charge in [0, 0.05) is 31.8 Å². The van der Waals surface area contributed by atoms with Crippen LogP contribution in [0.3, 0.4) is 0 Å². The first-order valence-corrected chi connectivity index (χ1v) is 9.58. The summed E-state index contributed by atoms with van der Waals surface area (Å²) < 4.78 is 10.4. The molecular formula is C21H23N3O4. The molecule has 7 heteroatoms. The van der Waals surface area contributed by atoms with Gasteiger partial charge in [-0.25, -0.2) is 0 Å². The van der Waals surface area contributed by atoms with Crippen LogP contribution in [-0.4, -0.2) is 45.2 Å². The van der Waals surface area contributed by atoms with Crippen molar-refractivity contribution in [1.29, 1.82) is 0 Å². The molecule has 0 bridgehead atoms. The molecule has 146 valence electrons. The third-order valence-corrected chi connectivity index (χ3v) is 5.15. The Morgan fingerprint density at radius 3 is 2.82 bits per heavy atom. The van der Waals surface area contributed by atoms with Crippen LogP contribution in [-0.2, 0) is 11.2 Å².